The molecule has 0 saturated carbocycles. The van der Waals surface area contributed by atoms with Crippen LogP contribution in [0, 0.1) is 0 Å². The summed E-state index contributed by atoms with van der Waals surface area (Å²) in [6.07, 6.45) is 3.59. The van der Waals surface area contributed by atoms with Gasteiger partial charge in [-0.15, -0.1) is 0 Å². The maximum Gasteiger partial charge on any atom is 0.116 e. The van der Waals surface area contributed by atoms with E-state index in [2.05, 4.69) is 25.0 Å². The lowest BCUT2D eigenvalue weighted by atomic mass is 10.3. The van der Waals surface area contributed by atoms with Gasteiger partial charge in [0.1, 0.15) is 5.88 Å². The van der Waals surface area contributed by atoms with Crippen molar-refractivity contribution in [3.63, 3.8) is 0 Å². The number of aromatic nitrogens is 2. The Kier molecular flexibility index (Phi) is 3.66. The van der Waals surface area contributed by atoms with Gasteiger partial charge in [-0.25, -0.2) is 0 Å². The average Bonchev–Trinajstić information content (AvgIpc) is 2.46. The van der Waals surface area contributed by atoms with E-state index in [9.17, 15) is 4.21 Å². The first-order valence-electron chi connectivity index (χ1n) is 4.53. The second kappa shape index (κ2) is 4.56. The van der Waals surface area contributed by atoms with E-state index in [0.717, 1.165) is 18.5 Å². The first-order chi connectivity index (χ1) is 6.17. The molecule has 1 aromatic rings. The number of rotatable bonds is 4. The van der Waals surface area contributed by atoms with E-state index in [1.165, 1.54) is 5.69 Å². The summed E-state index contributed by atoms with van der Waals surface area (Å²) in [4.78, 5) is 0. The van der Waals surface area contributed by atoms with Gasteiger partial charge in [-0.3, -0.25) is 8.89 Å². The zero-order valence-electron chi connectivity index (χ0n) is 8.41. The van der Waals surface area contributed by atoms with Gasteiger partial charge in [-0.2, -0.15) is 5.10 Å². The highest BCUT2D eigenvalue weighted by Gasteiger charge is 2.05. The van der Waals surface area contributed by atoms with Crippen LogP contribution in [0.15, 0.2) is 6.07 Å². The van der Waals surface area contributed by atoms with E-state index in [-0.39, 0.29) is 0 Å². The fraction of sp³-hybridized carbons (Fsp3) is 0.667. The highest BCUT2D eigenvalue weighted by Crippen LogP contribution is 2.06. The number of nitrogens with zero attached hydrogens (tertiary/aromatic N) is 2. The highest BCUT2D eigenvalue weighted by atomic mass is 32.2. The Labute approximate surface area is 81.6 Å². The fourth-order valence-electron chi connectivity index (χ4n) is 1.26. The van der Waals surface area contributed by atoms with E-state index in [1.807, 2.05) is 4.68 Å². The van der Waals surface area contributed by atoms with Gasteiger partial charge in [0.2, 0.25) is 0 Å². The SMILES string of the molecule is CCc1cc(CC)n(CS(C)=O)n1. The van der Waals surface area contributed by atoms with Crippen molar-refractivity contribution in [3.05, 3.63) is 17.5 Å². The molecule has 1 atom stereocenters. The Bertz CT molecular complexity index is 307. The molecule has 0 bridgehead atoms. The average molecular weight is 200 g/mol. The Hall–Kier alpha value is -0.640. The van der Waals surface area contributed by atoms with Gasteiger partial charge < -0.3 is 0 Å². The van der Waals surface area contributed by atoms with Crippen LogP contribution >= 0.6 is 0 Å². The molecule has 1 unspecified atom stereocenters. The van der Waals surface area contributed by atoms with E-state index in [1.54, 1.807) is 6.26 Å². The Morgan fingerprint density at radius 1 is 1.46 bits per heavy atom. The quantitative estimate of drug-likeness (QED) is 0.735. The normalized spacial score (nSPS) is 13.2. The lowest BCUT2D eigenvalue weighted by molar-refractivity contribution is 0.646. The number of hydrogen-bond acceptors (Lipinski definition) is 2. The third kappa shape index (κ3) is 2.66. The first kappa shape index (κ1) is 10.4. The molecule has 1 aromatic heterocycles. The van der Waals surface area contributed by atoms with Crippen LogP contribution in [0.2, 0.25) is 0 Å². The Morgan fingerprint density at radius 3 is 2.62 bits per heavy atom. The van der Waals surface area contributed by atoms with Crippen LogP contribution in [0.5, 0.6) is 0 Å². The van der Waals surface area contributed by atoms with Crippen molar-refractivity contribution in [2.75, 3.05) is 6.26 Å². The molecule has 3 nitrogen and oxygen atoms in total. The molecular formula is C9H16N2OS. The molecule has 0 N–H and O–H groups in total. The van der Waals surface area contributed by atoms with Crippen LogP contribution in [-0.4, -0.2) is 20.2 Å². The zero-order chi connectivity index (χ0) is 9.84. The molecule has 1 rings (SSSR count). The number of hydrogen-bond donors (Lipinski definition) is 0. The van der Waals surface area contributed by atoms with Gasteiger partial charge in [0.05, 0.1) is 5.69 Å². The van der Waals surface area contributed by atoms with Gasteiger partial charge in [-0.1, -0.05) is 13.8 Å². The zero-order valence-corrected chi connectivity index (χ0v) is 9.23. The summed E-state index contributed by atoms with van der Waals surface area (Å²) in [7, 11) is -0.817. The van der Waals surface area contributed by atoms with Crippen molar-refractivity contribution >= 4 is 10.8 Å². The second-order valence-corrected chi connectivity index (χ2v) is 4.44. The molecule has 0 aliphatic carbocycles. The largest absolute Gasteiger partial charge is 0.258 e. The predicted octanol–water partition coefficient (Wildman–Crippen LogP) is 1.34. The smallest absolute Gasteiger partial charge is 0.116 e. The van der Waals surface area contributed by atoms with Gasteiger partial charge in [0, 0.05) is 22.7 Å². The summed E-state index contributed by atoms with van der Waals surface area (Å²) in [6.45, 7) is 4.17. The third-order valence-corrected chi connectivity index (χ3v) is 2.55. The van der Waals surface area contributed by atoms with E-state index >= 15 is 0 Å². The Morgan fingerprint density at radius 2 is 2.15 bits per heavy atom. The molecule has 0 radical (unpaired) electrons. The summed E-state index contributed by atoms with van der Waals surface area (Å²) < 4.78 is 12.9. The maximum atomic E-state index is 11.0. The van der Waals surface area contributed by atoms with Crippen molar-refractivity contribution in [3.8, 4) is 0 Å². The van der Waals surface area contributed by atoms with Gasteiger partial charge >= 0.3 is 0 Å². The van der Waals surface area contributed by atoms with Gasteiger partial charge in [0.15, 0.2) is 0 Å². The Balaban J connectivity index is 2.90. The van der Waals surface area contributed by atoms with E-state index in [0.29, 0.717) is 5.88 Å². The van der Waals surface area contributed by atoms with Gasteiger partial charge in [0.25, 0.3) is 0 Å². The standard InChI is InChI=1S/C9H16N2OS/c1-4-8-6-9(5-2)11(10-8)7-13(3)12/h6H,4-5,7H2,1-3H3. The highest BCUT2D eigenvalue weighted by molar-refractivity contribution is 7.83. The summed E-state index contributed by atoms with van der Waals surface area (Å²) >= 11 is 0. The van der Waals surface area contributed by atoms with Crippen LogP contribution in [0.25, 0.3) is 0 Å². The van der Waals surface area contributed by atoms with Crippen LogP contribution in [-0.2, 0) is 29.5 Å². The molecule has 1 heterocycles. The van der Waals surface area contributed by atoms with Crippen molar-refractivity contribution in [1.29, 1.82) is 0 Å². The van der Waals surface area contributed by atoms with Crippen LogP contribution in [0.3, 0.4) is 0 Å². The van der Waals surface area contributed by atoms with E-state index < -0.39 is 10.8 Å². The van der Waals surface area contributed by atoms with Crippen molar-refractivity contribution in [2.45, 2.75) is 32.6 Å². The minimum absolute atomic E-state index is 0.517. The predicted molar refractivity (Wildman–Crippen MR) is 55.0 cm³/mol. The fourth-order valence-corrected chi connectivity index (χ4v) is 1.82. The first-order valence-corrected chi connectivity index (χ1v) is 6.25. The topological polar surface area (TPSA) is 34.9 Å². The monoisotopic (exact) mass is 200 g/mol. The molecule has 74 valence electrons. The maximum absolute atomic E-state index is 11.0. The molecule has 0 aromatic carbocycles. The van der Waals surface area contributed by atoms with Gasteiger partial charge in [-0.05, 0) is 18.9 Å². The third-order valence-electron chi connectivity index (χ3n) is 1.94. The summed E-state index contributed by atoms with van der Waals surface area (Å²) in [6, 6.07) is 2.09. The summed E-state index contributed by atoms with van der Waals surface area (Å²) in [5.74, 6) is 0.517. The van der Waals surface area contributed by atoms with Crippen molar-refractivity contribution in [2.24, 2.45) is 0 Å². The summed E-state index contributed by atoms with van der Waals surface area (Å²) in [5.41, 5.74) is 2.26. The molecule has 0 fully saturated rings. The summed E-state index contributed by atoms with van der Waals surface area (Å²) in [5, 5.41) is 4.36. The molecule has 0 amide bonds. The van der Waals surface area contributed by atoms with Crippen LogP contribution < -0.4 is 0 Å². The molecule has 0 aliphatic rings. The molecule has 13 heavy (non-hydrogen) atoms. The molecule has 4 heteroatoms. The minimum Gasteiger partial charge on any atom is -0.258 e. The lowest BCUT2D eigenvalue weighted by Gasteiger charge is -2.01. The van der Waals surface area contributed by atoms with Crippen LogP contribution in [0.1, 0.15) is 25.2 Å². The van der Waals surface area contributed by atoms with Crippen molar-refractivity contribution in [1.82, 2.24) is 9.78 Å². The minimum atomic E-state index is -0.817. The molecule has 0 saturated heterocycles. The van der Waals surface area contributed by atoms with Crippen molar-refractivity contribution < 1.29 is 4.21 Å². The molecule has 0 spiro atoms. The molecule has 0 aliphatic heterocycles. The number of aryl methyl sites for hydroxylation is 2. The molecular weight excluding hydrogens is 184 g/mol. The van der Waals surface area contributed by atoms with E-state index in [4.69, 9.17) is 0 Å². The van der Waals surface area contributed by atoms with Crippen LogP contribution in [0.4, 0.5) is 0 Å². The second-order valence-electron chi connectivity index (χ2n) is 3.04. The lowest BCUT2D eigenvalue weighted by Crippen LogP contribution is -2.08.